The Kier molecular flexibility index (Phi) is 6.64. The molecular weight excluding hydrogens is 356 g/mol. The largest absolute Gasteiger partial charge is 0.460 e. The maximum Gasteiger partial charge on any atom is 0.407 e. The highest BCUT2D eigenvalue weighted by atomic mass is 16.6. The summed E-state index contributed by atoms with van der Waals surface area (Å²) in [7, 11) is 0. The molecule has 1 aliphatic rings. The Morgan fingerprint density at radius 1 is 1.14 bits per heavy atom. The lowest BCUT2D eigenvalue weighted by Crippen LogP contribution is -2.45. The molecule has 1 heterocycles. The maximum absolute atomic E-state index is 12.3. The molecule has 1 saturated heterocycles. The van der Waals surface area contributed by atoms with Gasteiger partial charge in [-0.25, -0.2) is 4.79 Å². The van der Waals surface area contributed by atoms with Gasteiger partial charge < -0.3 is 14.8 Å². The fourth-order valence-electron chi connectivity index (χ4n) is 3.25. The standard InChI is InChI=1S/C22H22N2O4/c23-12-11-18-14-20(28-21(18)25)19(13-16-7-3-1-4-8-16)24-22(26)27-15-17-9-5-2-6-10-17/h1-10,18-20H,11,13-15H2,(H,24,26)/t18-,19+,20+/m1/s1. The minimum Gasteiger partial charge on any atom is -0.460 e. The zero-order valence-corrected chi connectivity index (χ0v) is 15.4. The van der Waals surface area contributed by atoms with Gasteiger partial charge in [-0.15, -0.1) is 0 Å². The van der Waals surface area contributed by atoms with E-state index in [0.29, 0.717) is 12.8 Å². The molecule has 144 valence electrons. The molecule has 2 aromatic rings. The van der Waals surface area contributed by atoms with Gasteiger partial charge in [0.15, 0.2) is 0 Å². The summed E-state index contributed by atoms with van der Waals surface area (Å²) in [6, 6.07) is 20.6. The molecule has 1 N–H and O–H groups in total. The summed E-state index contributed by atoms with van der Waals surface area (Å²) in [5, 5.41) is 11.7. The molecule has 0 bridgehead atoms. The van der Waals surface area contributed by atoms with Crippen molar-refractivity contribution in [3.63, 3.8) is 0 Å². The van der Waals surface area contributed by atoms with Crippen molar-refractivity contribution in [1.82, 2.24) is 5.32 Å². The third-order valence-corrected chi connectivity index (χ3v) is 4.72. The van der Waals surface area contributed by atoms with Gasteiger partial charge >= 0.3 is 12.1 Å². The molecule has 0 unspecified atom stereocenters. The van der Waals surface area contributed by atoms with Gasteiger partial charge in [0, 0.05) is 12.8 Å². The second kappa shape index (κ2) is 9.56. The molecule has 0 saturated carbocycles. The van der Waals surface area contributed by atoms with Crippen LogP contribution in [-0.2, 0) is 27.3 Å². The van der Waals surface area contributed by atoms with Gasteiger partial charge in [-0.3, -0.25) is 4.79 Å². The molecule has 3 rings (SSSR count). The highest BCUT2D eigenvalue weighted by Gasteiger charge is 2.39. The maximum atomic E-state index is 12.3. The van der Waals surface area contributed by atoms with Crippen LogP contribution in [0.15, 0.2) is 60.7 Å². The number of nitrogens with zero attached hydrogens (tertiary/aromatic N) is 1. The summed E-state index contributed by atoms with van der Waals surface area (Å²) >= 11 is 0. The van der Waals surface area contributed by atoms with Gasteiger partial charge in [0.2, 0.25) is 0 Å². The number of hydrogen-bond acceptors (Lipinski definition) is 5. The van der Waals surface area contributed by atoms with Crippen molar-refractivity contribution in [2.75, 3.05) is 0 Å². The number of nitrogens with one attached hydrogen (secondary N) is 1. The number of carbonyl (C=O) groups excluding carboxylic acids is 2. The van der Waals surface area contributed by atoms with E-state index in [9.17, 15) is 9.59 Å². The number of nitriles is 1. The van der Waals surface area contributed by atoms with E-state index in [1.165, 1.54) is 0 Å². The molecule has 6 heteroatoms. The van der Waals surface area contributed by atoms with E-state index in [1.807, 2.05) is 66.7 Å². The Bertz CT molecular complexity index is 833. The highest BCUT2D eigenvalue weighted by Crippen LogP contribution is 2.27. The molecule has 1 fully saturated rings. The summed E-state index contributed by atoms with van der Waals surface area (Å²) < 4.78 is 10.8. The topological polar surface area (TPSA) is 88.4 Å². The fraction of sp³-hybridized carbons (Fsp3) is 0.318. The number of amides is 1. The number of rotatable bonds is 7. The molecule has 2 aromatic carbocycles. The van der Waals surface area contributed by atoms with Gasteiger partial charge in [0.1, 0.15) is 12.7 Å². The summed E-state index contributed by atoms with van der Waals surface area (Å²) in [4.78, 5) is 24.3. The normalized spacial score (nSPS) is 19.3. The van der Waals surface area contributed by atoms with Gasteiger partial charge in [0.25, 0.3) is 0 Å². The van der Waals surface area contributed by atoms with Crippen molar-refractivity contribution in [2.45, 2.75) is 38.0 Å². The number of carbonyl (C=O) groups is 2. The molecule has 0 radical (unpaired) electrons. The first kappa shape index (κ1) is 19.4. The van der Waals surface area contributed by atoms with Crippen LogP contribution >= 0.6 is 0 Å². The molecule has 0 aliphatic carbocycles. The van der Waals surface area contributed by atoms with Gasteiger partial charge in [-0.05, 0) is 17.5 Å². The van der Waals surface area contributed by atoms with Crippen molar-refractivity contribution < 1.29 is 19.1 Å². The minimum atomic E-state index is -0.565. The van der Waals surface area contributed by atoms with Crippen LogP contribution in [0.5, 0.6) is 0 Å². The second-order valence-electron chi connectivity index (χ2n) is 6.77. The van der Waals surface area contributed by atoms with E-state index in [0.717, 1.165) is 11.1 Å². The van der Waals surface area contributed by atoms with Crippen LogP contribution in [0.25, 0.3) is 0 Å². The summed E-state index contributed by atoms with van der Waals surface area (Å²) in [5.74, 6) is -0.834. The number of benzene rings is 2. The predicted octanol–water partition coefficient (Wildman–Crippen LogP) is 3.37. The number of ether oxygens (including phenoxy) is 2. The third-order valence-electron chi connectivity index (χ3n) is 4.72. The van der Waals surface area contributed by atoms with Gasteiger partial charge in [-0.1, -0.05) is 60.7 Å². The Hall–Kier alpha value is -3.33. The lowest BCUT2D eigenvalue weighted by atomic mass is 9.94. The van der Waals surface area contributed by atoms with Crippen molar-refractivity contribution in [2.24, 2.45) is 5.92 Å². The SMILES string of the molecule is N#CC[C@@H]1C[C@@H]([C@H](Cc2ccccc2)NC(=O)OCc2ccccc2)OC1=O. The van der Waals surface area contributed by atoms with Crippen LogP contribution < -0.4 is 5.32 Å². The Morgan fingerprint density at radius 3 is 2.43 bits per heavy atom. The number of esters is 1. The molecular formula is C22H22N2O4. The van der Waals surface area contributed by atoms with Crippen LogP contribution in [0, 0.1) is 17.2 Å². The molecule has 1 amide bonds. The quantitative estimate of drug-likeness (QED) is 0.746. The van der Waals surface area contributed by atoms with Crippen LogP contribution in [0.4, 0.5) is 4.79 Å². The highest BCUT2D eigenvalue weighted by molar-refractivity contribution is 5.75. The first-order chi connectivity index (χ1) is 13.7. The van der Waals surface area contributed by atoms with Crippen molar-refractivity contribution >= 4 is 12.1 Å². The third kappa shape index (κ3) is 5.34. The fourth-order valence-corrected chi connectivity index (χ4v) is 3.25. The minimum absolute atomic E-state index is 0.117. The zero-order chi connectivity index (χ0) is 19.8. The first-order valence-electron chi connectivity index (χ1n) is 9.24. The summed E-state index contributed by atoms with van der Waals surface area (Å²) in [6.45, 7) is 0.159. The van der Waals surface area contributed by atoms with Crippen LogP contribution in [0.3, 0.4) is 0 Å². The first-order valence-corrected chi connectivity index (χ1v) is 9.24. The van der Waals surface area contributed by atoms with E-state index in [2.05, 4.69) is 5.32 Å². The lowest BCUT2D eigenvalue weighted by molar-refractivity contribution is -0.145. The molecule has 6 nitrogen and oxygen atoms in total. The Balaban J connectivity index is 1.65. The van der Waals surface area contributed by atoms with Gasteiger partial charge in [-0.2, -0.15) is 5.26 Å². The van der Waals surface area contributed by atoms with E-state index < -0.39 is 24.2 Å². The zero-order valence-electron chi connectivity index (χ0n) is 15.4. The van der Waals surface area contributed by atoms with Crippen LogP contribution in [-0.4, -0.2) is 24.2 Å². The molecule has 0 spiro atoms. The van der Waals surface area contributed by atoms with E-state index in [-0.39, 0.29) is 19.0 Å². The Morgan fingerprint density at radius 2 is 1.79 bits per heavy atom. The molecule has 28 heavy (non-hydrogen) atoms. The lowest BCUT2D eigenvalue weighted by Gasteiger charge is -2.23. The number of alkyl carbamates (subject to hydrolysis) is 1. The average Bonchev–Trinajstić information content (AvgIpc) is 3.08. The number of cyclic esters (lactones) is 1. The predicted molar refractivity (Wildman–Crippen MR) is 102 cm³/mol. The van der Waals surface area contributed by atoms with Crippen molar-refractivity contribution in [3.8, 4) is 6.07 Å². The number of hydrogen-bond donors (Lipinski definition) is 1. The molecule has 1 aliphatic heterocycles. The van der Waals surface area contributed by atoms with Crippen LogP contribution in [0.1, 0.15) is 24.0 Å². The molecule has 3 atom stereocenters. The average molecular weight is 378 g/mol. The van der Waals surface area contributed by atoms with E-state index in [1.54, 1.807) is 0 Å². The van der Waals surface area contributed by atoms with Crippen LogP contribution in [0.2, 0.25) is 0 Å². The van der Waals surface area contributed by atoms with Gasteiger partial charge in [0.05, 0.1) is 18.0 Å². The van der Waals surface area contributed by atoms with E-state index >= 15 is 0 Å². The summed E-state index contributed by atoms with van der Waals surface area (Å²) in [5.41, 5.74) is 1.90. The van der Waals surface area contributed by atoms with E-state index in [4.69, 9.17) is 14.7 Å². The Labute approximate surface area is 164 Å². The molecule has 0 aromatic heterocycles. The smallest absolute Gasteiger partial charge is 0.407 e. The van der Waals surface area contributed by atoms with Crippen molar-refractivity contribution in [3.05, 3.63) is 71.8 Å². The monoisotopic (exact) mass is 378 g/mol. The summed E-state index contributed by atoms with van der Waals surface area (Å²) in [6.07, 6.45) is -0.0346. The van der Waals surface area contributed by atoms with Crippen molar-refractivity contribution in [1.29, 1.82) is 5.26 Å². The second-order valence-corrected chi connectivity index (χ2v) is 6.77.